The summed E-state index contributed by atoms with van der Waals surface area (Å²) in [6, 6.07) is 9.76. The SMILES string of the molecule is C[C@H](CC(=O)Cc1csc(-c2ccccc2)n1)C(=O)O. The third-order valence-electron chi connectivity index (χ3n) is 2.91. The number of benzene rings is 1. The zero-order chi connectivity index (χ0) is 14.5. The number of hydrogen-bond donors (Lipinski definition) is 1. The molecule has 1 aromatic heterocycles. The fraction of sp³-hybridized carbons (Fsp3) is 0.267. The molecule has 2 rings (SSSR count). The lowest BCUT2D eigenvalue weighted by Crippen LogP contribution is -2.16. The number of hydrogen-bond acceptors (Lipinski definition) is 4. The molecular weight excluding hydrogens is 274 g/mol. The van der Waals surface area contributed by atoms with E-state index in [9.17, 15) is 9.59 Å². The highest BCUT2D eigenvalue weighted by molar-refractivity contribution is 7.13. The van der Waals surface area contributed by atoms with Crippen LogP contribution in [0.5, 0.6) is 0 Å². The minimum absolute atomic E-state index is 0.0491. The molecule has 0 unspecified atom stereocenters. The molecule has 0 aliphatic heterocycles. The molecule has 0 saturated heterocycles. The van der Waals surface area contributed by atoms with Crippen molar-refractivity contribution in [1.82, 2.24) is 4.98 Å². The van der Waals surface area contributed by atoms with Gasteiger partial charge in [0, 0.05) is 23.8 Å². The van der Waals surface area contributed by atoms with Crippen LogP contribution in [0.2, 0.25) is 0 Å². The number of carboxylic acids is 1. The number of rotatable bonds is 6. The number of aliphatic carboxylic acids is 1. The molecule has 20 heavy (non-hydrogen) atoms. The third kappa shape index (κ3) is 3.74. The first-order valence-electron chi connectivity index (χ1n) is 6.30. The maximum Gasteiger partial charge on any atom is 0.306 e. The molecule has 0 bridgehead atoms. The van der Waals surface area contributed by atoms with Crippen LogP contribution in [0.1, 0.15) is 19.0 Å². The average molecular weight is 289 g/mol. The Morgan fingerprint density at radius 1 is 1.30 bits per heavy atom. The molecule has 1 heterocycles. The smallest absolute Gasteiger partial charge is 0.306 e. The van der Waals surface area contributed by atoms with Crippen molar-refractivity contribution in [2.45, 2.75) is 19.8 Å². The van der Waals surface area contributed by atoms with Crippen molar-refractivity contribution in [1.29, 1.82) is 0 Å². The monoisotopic (exact) mass is 289 g/mol. The van der Waals surface area contributed by atoms with Gasteiger partial charge in [0.1, 0.15) is 10.8 Å². The molecule has 104 valence electrons. The van der Waals surface area contributed by atoms with Gasteiger partial charge in [-0.2, -0.15) is 0 Å². The van der Waals surface area contributed by atoms with E-state index in [1.807, 2.05) is 35.7 Å². The molecule has 1 atom stereocenters. The molecule has 0 aliphatic carbocycles. The Morgan fingerprint density at radius 2 is 2.00 bits per heavy atom. The highest BCUT2D eigenvalue weighted by Gasteiger charge is 2.17. The van der Waals surface area contributed by atoms with E-state index in [1.165, 1.54) is 18.3 Å². The van der Waals surface area contributed by atoms with Gasteiger partial charge in [0.2, 0.25) is 0 Å². The summed E-state index contributed by atoms with van der Waals surface area (Å²) in [6.07, 6.45) is 0.245. The second-order valence-corrected chi connectivity index (χ2v) is 5.53. The van der Waals surface area contributed by atoms with Gasteiger partial charge in [-0.25, -0.2) is 4.98 Å². The van der Waals surface area contributed by atoms with Gasteiger partial charge in [-0.1, -0.05) is 37.3 Å². The summed E-state index contributed by atoms with van der Waals surface area (Å²) in [7, 11) is 0. The lowest BCUT2D eigenvalue weighted by Gasteiger charge is -2.03. The van der Waals surface area contributed by atoms with E-state index in [2.05, 4.69) is 4.98 Å². The fourth-order valence-corrected chi connectivity index (χ4v) is 2.63. The quantitative estimate of drug-likeness (QED) is 0.887. The van der Waals surface area contributed by atoms with Crippen LogP contribution >= 0.6 is 11.3 Å². The molecule has 2 aromatic rings. The van der Waals surface area contributed by atoms with E-state index in [0.717, 1.165) is 10.6 Å². The molecule has 1 aromatic carbocycles. The third-order valence-corrected chi connectivity index (χ3v) is 3.85. The maximum atomic E-state index is 11.8. The number of Topliss-reactive ketones (excluding diaryl/α,β-unsaturated/α-hetero) is 1. The average Bonchev–Trinajstić information content (AvgIpc) is 2.88. The van der Waals surface area contributed by atoms with Gasteiger partial charge >= 0.3 is 5.97 Å². The zero-order valence-electron chi connectivity index (χ0n) is 11.1. The fourth-order valence-electron chi connectivity index (χ4n) is 1.80. The van der Waals surface area contributed by atoms with Crippen LogP contribution in [-0.2, 0) is 16.0 Å². The molecule has 1 N–H and O–H groups in total. The highest BCUT2D eigenvalue weighted by Crippen LogP contribution is 2.23. The highest BCUT2D eigenvalue weighted by atomic mass is 32.1. The summed E-state index contributed by atoms with van der Waals surface area (Å²) >= 11 is 1.49. The van der Waals surface area contributed by atoms with Gasteiger partial charge in [0.15, 0.2) is 0 Å². The Morgan fingerprint density at radius 3 is 2.65 bits per heavy atom. The minimum atomic E-state index is -0.943. The van der Waals surface area contributed by atoms with Gasteiger partial charge in [0.25, 0.3) is 0 Å². The Labute approximate surface area is 121 Å². The normalized spacial score (nSPS) is 12.1. The first kappa shape index (κ1) is 14.4. The van der Waals surface area contributed by atoms with Gasteiger partial charge in [-0.3, -0.25) is 9.59 Å². The van der Waals surface area contributed by atoms with Crippen LogP contribution in [-0.4, -0.2) is 21.8 Å². The van der Waals surface area contributed by atoms with Crippen molar-refractivity contribution < 1.29 is 14.7 Å². The van der Waals surface area contributed by atoms with Crippen molar-refractivity contribution in [3.8, 4) is 10.6 Å². The van der Waals surface area contributed by atoms with E-state index >= 15 is 0 Å². The molecule has 0 amide bonds. The summed E-state index contributed by atoms with van der Waals surface area (Å²) in [5.74, 6) is -1.68. The van der Waals surface area contributed by atoms with Crippen molar-refractivity contribution in [2.24, 2.45) is 5.92 Å². The van der Waals surface area contributed by atoms with Gasteiger partial charge in [-0.15, -0.1) is 11.3 Å². The summed E-state index contributed by atoms with van der Waals surface area (Å²) in [4.78, 5) is 26.9. The Kier molecular flexibility index (Phi) is 4.63. The van der Waals surface area contributed by atoms with Crippen LogP contribution in [0.25, 0.3) is 10.6 Å². The van der Waals surface area contributed by atoms with Crippen molar-refractivity contribution in [2.75, 3.05) is 0 Å². The number of nitrogens with zero attached hydrogens (tertiary/aromatic N) is 1. The van der Waals surface area contributed by atoms with Crippen molar-refractivity contribution >= 4 is 23.1 Å². The van der Waals surface area contributed by atoms with Crippen LogP contribution in [0.3, 0.4) is 0 Å². The van der Waals surface area contributed by atoms with Gasteiger partial charge in [-0.05, 0) is 0 Å². The number of carboxylic acid groups (broad SMARTS) is 1. The minimum Gasteiger partial charge on any atom is -0.481 e. The number of carbonyl (C=O) groups excluding carboxylic acids is 1. The number of thiazole rings is 1. The molecule has 4 nitrogen and oxygen atoms in total. The molecule has 0 aliphatic rings. The number of aromatic nitrogens is 1. The molecule has 5 heteroatoms. The molecule has 0 fully saturated rings. The van der Waals surface area contributed by atoms with Crippen molar-refractivity contribution in [3.63, 3.8) is 0 Å². The van der Waals surface area contributed by atoms with Gasteiger partial charge in [0.05, 0.1) is 11.6 Å². The lowest BCUT2D eigenvalue weighted by atomic mass is 10.0. The molecule has 0 saturated carbocycles. The Balaban J connectivity index is 2.00. The van der Waals surface area contributed by atoms with Crippen LogP contribution < -0.4 is 0 Å². The van der Waals surface area contributed by atoms with E-state index < -0.39 is 11.9 Å². The van der Waals surface area contributed by atoms with Crippen LogP contribution in [0, 0.1) is 5.92 Å². The predicted molar refractivity (Wildman–Crippen MR) is 77.7 cm³/mol. The summed E-state index contributed by atoms with van der Waals surface area (Å²) in [6.45, 7) is 1.54. The zero-order valence-corrected chi connectivity index (χ0v) is 11.9. The van der Waals surface area contributed by atoms with E-state index in [-0.39, 0.29) is 18.6 Å². The Hall–Kier alpha value is -2.01. The lowest BCUT2D eigenvalue weighted by molar-refractivity contribution is -0.143. The van der Waals surface area contributed by atoms with Crippen LogP contribution in [0.4, 0.5) is 0 Å². The second kappa shape index (κ2) is 6.43. The van der Waals surface area contributed by atoms with Crippen molar-refractivity contribution in [3.05, 3.63) is 41.4 Å². The summed E-state index contributed by atoms with van der Waals surface area (Å²) in [5.41, 5.74) is 1.73. The molecular formula is C15H15NO3S. The maximum absolute atomic E-state index is 11.8. The summed E-state index contributed by atoms with van der Waals surface area (Å²) in [5, 5.41) is 11.5. The van der Waals surface area contributed by atoms with Gasteiger partial charge < -0.3 is 5.11 Å². The van der Waals surface area contributed by atoms with E-state index in [4.69, 9.17) is 5.11 Å². The van der Waals surface area contributed by atoms with E-state index in [0.29, 0.717) is 5.69 Å². The Bertz CT molecular complexity index is 607. The number of carbonyl (C=O) groups is 2. The predicted octanol–water partition coefficient (Wildman–Crippen LogP) is 3.03. The van der Waals surface area contributed by atoms with Crippen LogP contribution in [0.15, 0.2) is 35.7 Å². The summed E-state index contributed by atoms with van der Waals surface area (Å²) < 4.78 is 0. The first-order valence-corrected chi connectivity index (χ1v) is 7.18. The number of ketones is 1. The topological polar surface area (TPSA) is 67.3 Å². The second-order valence-electron chi connectivity index (χ2n) is 4.67. The molecule has 0 spiro atoms. The largest absolute Gasteiger partial charge is 0.481 e. The molecule has 0 radical (unpaired) electrons. The van der Waals surface area contributed by atoms with E-state index in [1.54, 1.807) is 0 Å². The standard InChI is InChI=1S/C15H15NO3S/c1-10(15(18)19)7-13(17)8-12-9-20-14(16-12)11-5-3-2-4-6-11/h2-6,9-10H,7-8H2,1H3,(H,18,19)/t10-/m1/s1. The first-order chi connectivity index (χ1) is 9.56.